The van der Waals surface area contributed by atoms with E-state index in [1.807, 2.05) is 0 Å². The molecule has 0 saturated carbocycles. The molecule has 10 nitrogen and oxygen atoms in total. The van der Waals surface area contributed by atoms with Gasteiger partial charge in [0.1, 0.15) is 17.7 Å². The molecule has 0 spiro atoms. The second-order valence-electron chi connectivity index (χ2n) is 6.81. The number of esters is 1. The third-order valence-corrected chi connectivity index (χ3v) is 3.19. The number of nitrogens with one attached hydrogen (secondary N) is 2. The van der Waals surface area contributed by atoms with Gasteiger partial charge in [0.15, 0.2) is 0 Å². The zero-order valence-corrected chi connectivity index (χ0v) is 15.4. The molecule has 0 radical (unpaired) electrons. The smallest absolute Gasteiger partial charge is 0.329 e. The van der Waals surface area contributed by atoms with Gasteiger partial charge in [-0.25, -0.2) is 14.4 Å². The minimum atomic E-state index is -1.38. The summed E-state index contributed by atoms with van der Waals surface area (Å²) in [6, 6.07) is -3.23. The molecule has 0 heterocycles. The van der Waals surface area contributed by atoms with Crippen LogP contribution in [0.5, 0.6) is 0 Å². The van der Waals surface area contributed by atoms with Crippen molar-refractivity contribution in [3.8, 4) is 0 Å². The number of carbonyl (C=O) groups is 4. The summed E-state index contributed by atoms with van der Waals surface area (Å²) in [6.07, 6.45) is 0.818. The second kappa shape index (κ2) is 11.3. The summed E-state index contributed by atoms with van der Waals surface area (Å²) in [6.45, 7) is 5.50. The van der Waals surface area contributed by atoms with E-state index in [1.165, 1.54) is 0 Å². The highest BCUT2D eigenvalue weighted by Gasteiger charge is 2.28. The predicted octanol–water partition coefficient (Wildman–Crippen LogP) is 0.443. The fourth-order valence-electron chi connectivity index (χ4n) is 2.00. The van der Waals surface area contributed by atoms with Crippen LogP contribution in [0.15, 0.2) is 0 Å². The molecule has 2 amide bonds. The lowest BCUT2D eigenvalue weighted by molar-refractivity contribution is -0.157. The molecule has 0 bridgehead atoms. The molecule has 150 valence electrons. The third-order valence-electron chi connectivity index (χ3n) is 3.19. The van der Waals surface area contributed by atoms with Crippen LogP contribution in [-0.4, -0.2) is 58.4 Å². The average Bonchev–Trinajstić information content (AvgIpc) is 2.48. The molecule has 0 saturated heterocycles. The Labute approximate surface area is 152 Å². The van der Waals surface area contributed by atoms with Crippen LogP contribution in [0, 0.1) is 0 Å². The number of ether oxygens (including phenoxy) is 1. The lowest BCUT2D eigenvalue weighted by Gasteiger charge is -2.25. The van der Waals surface area contributed by atoms with Crippen LogP contribution in [0.3, 0.4) is 0 Å². The molecule has 2 atom stereocenters. The number of aliphatic carboxylic acids is 2. The van der Waals surface area contributed by atoms with Gasteiger partial charge in [-0.05, 0) is 53.0 Å². The Bertz CT molecular complexity index is 503. The van der Waals surface area contributed by atoms with Gasteiger partial charge < -0.3 is 31.3 Å². The van der Waals surface area contributed by atoms with Gasteiger partial charge >= 0.3 is 23.9 Å². The Hall–Kier alpha value is -2.36. The van der Waals surface area contributed by atoms with Gasteiger partial charge in [-0.2, -0.15) is 0 Å². The van der Waals surface area contributed by atoms with Crippen molar-refractivity contribution < 1.29 is 34.1 Å². The lowest BCUT2D eigenvalue weighted by Crippen LogP contribution is -2.52. The maximum absolute atomic E-state index is 12.2. The number of unbranched alkanes of at least 4 members (excludes halogenated alkanes) is 1. The van der Waals surface area contributed by atoms with Crippen LogP contribution in [0.1, 0.15) is 52.9 Å². The Morgan fingerprint density at radius 1 is 1.00 bits per heavy atom. The van der Waals surface area contributed by atoms with E-state index < -0.39 is 48.0 Å². The van der Waals surface area contributed by atoms with Crippen LogP contribution in [0.4, 0.5) is 4.79 Å². The quantitative estimate of drug-likeness (QED) is 0.256. The molecule has 6 N–H and O–H groups in total. The van der Waals surface area contributed by atoms with Crippen molar-refractivity contribution in [1.29, 1.82) is 0 Å². The van der Waals surface area contributed by atoms with E-state index in [9.17, 15) is 19.2 Å². The van der Waals surface area contributed by atoms with E-state index in [4.69, 9.17) is 20.7 Å². The van der Waals surface area contributed by atoms with E-state index in [1.54, 1.807) is 20.8 Å². The fourth-order valence-corrected chi connectivity index (χ4v) is 2.00. The van der Waals surface area contributed by atoms with Crippen LogP contribution in [-0.2, 0) is 19.1 Å². The number of rotatable bonds is 11. The number of carbonyl (C=O) groups excluding carboxylic acids is 2. The van der Waals surface area contributed by atoms with Crippen LogP contribution in [0.2, 0.25) is 0 Å². The third kappa shape index (κ3) is 11.2. The highest BCUT2D eigenvalue weighted by Crippen LogP contribution is 2.11. The predicted molar refractivity (Wildman–Crippen MR) is 92.5 cm³/mol. The van der Waals surface area contributed by atoms with Gasteiger partial charge in [0.25, 0.3) is 0 Å². The molecule has 0 aliphatic heterocycles. The standard InChI is InChI=1S/C16H29N3O7/c1-16(2,3)26-14(24)11(6-4-5-9-17)19-15(25)18-10(13(22)23)7-8-12(20)21/h10-11H,4-9,17H2,1-3H3,(H,20,21)(H,22,23)(H2,18,19,25). The number of carboxylic acids is 2. The average molecular weight is 375 g/mol. The minimum absolute atomic E-state index is 0.275. The molecule has 0 rings (SSSR count). The summed E-state index contributed by atoms with van der Waals surface area (Å²) in [5.74, 6) is -3.17. The van der Waals surface area contributed by atoms with Crippen LogP contribution in [0.25, 0.3) is 0 Å². The van der Waals surface area contributed by atoms with Gasteiger partial charge in [0, 0.05) is 6.42 Å². The van der Waals surface area contributed by atoms with E-state index in [-0.39, 0.29) is 12.8 Å². The van der Waals surface area contributed by atoms with Crippen molar-refractivity contribution in [1.82, 2.24) is 10.6 Å². The molecule has 0 aromatic rings. The molecule has 0 aromatic heterocycles. The van der Waals surface area contributed by atoms with Crippen molar-refractivity contribution in [2.24, 2.45) is 5.73 Å². The van der Waals surface area contributed by atoms with Crippen LogP contribution >= 0.6 is 0 Å². The Morgan fingerprint density at radius 2 is 1.58 bits per heavy atom. The summed E-state index contributed by atoms with van der Waals surface area (Å²) < 4.78 is 5.26. The van der Waals surface area contributed by atoms with Crippen molar-refractivity contribution in [2.75, 3.05) is 6.54 Å². The Kier molecular flexibility index (Phi) is 10.3. The molecule has 0 aromatic carbocycles. The number of urea groups is 1. The maximum Gasteiger partial charge on any atom is 0.329 e. The first-order valence-electron chi connectivity index (χ1n) is 8.40. The molecular weight excluding hydrogens is 346 g/mol. The lowest BCUT2D eigenvalue weighted by atomic mass is 10.1. The van der Waals surface area contributed by atoms with Gasteiger partial charge in [-0.1, -0.05) is 0 Å². The molecular formula is C16H29N3O7. The molecule has 0 aliphatic rings. The van der Waals surface area contributed by atoms with E-state index in [0.29, 0.717) is 19.4 Å². The van der Waals surface area contributed by atoms with Gasteiger partial charge in [-0.3, -0.25) is 4.79 Å². The van der Waals surface area contributed by atoms with Crippen molar-refractivity contribution in [3.05, 3.63) is 0 Å². The second-order valence-corrected chi connectivity index (χ2v) is 6.81. The Morgan fingerprint density at radius 3 is 2.04 bits per heavy atom. The van der Waals surface area contributed by atoms with E-state index in [2.05, 4.69) is 10.6 Å². The number of hydrogen-bond acceptors (Lipinski definition) is 6. The molecule has 10 heteroatoms. The molecule has 26 heavy (non-hydrogen) atoms. The van der Waals surface area contributed by atoms with E-state index >= 15 is 0 Å². The molecule has 0 aliphatic carbocycles. The van der Waals surface area contributed by atoms with Crippen LogP contribution < -0.4 is 16.4 Å². The number of hydrogen-bond donors (Lipinski definition) is 5. The summed E-state index contributed by atoms with van der Waals surface area (Å²) in [4.78, 5) is 46.0. The topological polar surface area (TPSA) is 168 Å². The minimum Gasteiger partial charge on any atom is -0.481 e. The first kappa shape index (κ1) is 23.6. The van der Waals surface area contributed by atoms with Gasteiger partial charge in [0.05, 0.1) is 0 Å². The van der Waals surface area contributed by atoms with Gasteiger partial charge in [0.2, 0.25) is 0 Å². The zero-order chi connectivity index (χ0) is 20.3. The number of nitrogens with two attached hydrogens (primary N) is 1. The highest BCUT2D eigenvalue weighted by molar-refractivity contribution is 5.86. The van der Waals surface area contributed by atoms with E-state index in [0.717, 1.165) is 0 Å². The molecule has 0 fully saturated rings. The van der Waals surface area contributed by atoms with Crippen molar-refractivity contribution in [3.63, 3.8) is 0 Å². The number of amides is 2. The summed E-state index contributed by atoms with van der Waals surface area (Å²) in [5.41, 5.74) is 4.68. The summed E-state index contributed by atoms with van der Waals surface area (Å²) >= 11 is 0. The van der Waals surface area contributed by atoms with Crippen molar-refractivity contribution in [2.45, 2.75) is 70.6 Å². The van der Waals surface area contributed by atoms with Gasteiger partial charge in [-0.15, -0.1) is 0 Å². The number of carboxylic acid groups (broad SMARTS) is 2. The maximum atomic E-state index is 12.2. The van der Waals surface area contributed by atoms with Crippen molar-refractivity contribution >= 4 is 23.9 Å². The fraction of sp³-hybridized carbons (Fsp3) is 0.750. The molecule has 2 unspecified atom stereocenters. The Balaban J connectivity index is 4.88. The SMILES string of the molecule is CC(C)(C)OC(=O)C(CCCCN)NC(=O)NC(CCC(=O)O)C(=O)O. The normalized spacial score (nSPS) is 13.4. The summed E-state index contributed by atoms with van der Waals surface area (Å²) in [7, 11) is 0. The largest absolute Gasteiger partial charge is 0.481 e. The summed E-state index contributed by atoms with van der Waals surface area (Å²) in [5, 5.41) is 22.3. The first-order chi connectivity index (χ1) is 12.0. The zero-order valence-electron chi connectivity index (χ0n) is 15.4. The first-order valence-corrected chi connectivity index (χ1v) is 8.40. The monoisotopic (exact) mass is 375 g/mol. The highest BCUT2D eigenvalue weighted by atomic mass is 16.6.